The van der Waals surface area contributed by atoms with Crippen LogP contribution in [0.2, 0.25) is 0 Å². The van der Waals surface area contributed by atoms with Crippen molar-refractivity contribution >= 4 is 6.21 Å². The van der Waals surface area contributed by atoms with E-state index in [-0.39, 0.29) is 0 Å². The van der Waals surface area contributed by atoms with Gasteiger partial charge in [-0.05, 0) is 0 Å². The first-order chi connectivity index (χ1) is 2.89. The maximum atomic E-state index is 3.03. The Morgan fingerprint density at radius 1 is 1.83 bits per heavy atom. The van der Waals surface area contributed by atoms with Crippen molar-refractivity contribution < 1.29 is 5.10 Å². The van der Waals surface area contributed by atoms with Gasteiger partial charge in [0.25, 0.3) is 0 Å². The van der Waals surface area contributed by atoms with Crippen LogP contribution >= 0.6 is 0 Å². The van der Waals surface area contributed by atoms with E-state index in [9.17, 15) is 0 Å². The minimum absolute atomic E-state index is 1.15. The molecule has 0 aromatic rings. The molecule has 34 valence electrons. The second kappa shape index (κ2) is 1.29. The summed E-state index contributed by atoms with van der Waals surface area (Å²) in [7, 11) is 2.03. The van der Waals surface area contributed by atoms with Gasteiger partial charge in [0.15, 0.2) is 6.21 Å². The molecule has 0 spiro atoms. The van der Waals surface area contributed by atoms with E-state index in [0.29, 0.717) is 0 Å². The first kappa shape index (κ1) is 3.65. The van der Waals surface area contributed by atoms with E-state index in [2.05, 4.69) is 16.3 Å². The molecule has 1 N–H and O–H groups in total. The van der Waals surface area contributed by atoms with Crippen molar-refractivity contribution in [1.82, 2.24) is 5.01 Å². The van der Waals surface area contributed by atoms with Gasteiger partial charge in [0.1, 0.15) is 0 Å². The fourth-order valence-corrected chi connectivity index (χ4v) is 0.543. The SMILES string of the molecule is CN1CCC=[NH+]1. The zero-order chi connectivity index (χ0) is 4.41. The molecular formula is C4H9N2+. The largest absolute Gasteiger partial charge is 0.191 e. The van der Waals surface area contributed by atoms with Crippen LogP contribution in [0, 0.1) is 0 Å². The summed E-state index contributed by atoms with van der Waals surface area (Å²) in [5, 5.41) is 5.08. The smallest absolute Gasteiger partial charge is 0.169 e. The lowest BCUT2D eigenvalue weighted by atomic mass is 10.5. The Morgan fingerprint density at radius 3 is 2.83 bits per heavy atom. The molecule has 2 heteroatoms. The molecule has 0 saturated carbocycles. The van der Waals surface area contributed by atoms with Gasteiger partial charge < -0.3 is 0 Å². The maximum Gasteiger partial charge on any atom is 0.169 e. The number of nitrogens with one attached hydrogen (secondary N) is 1. The highest BCUT2D eigenvalue weighted by Gasteiger charge is 2.01. The molecule has 1 aliphatic rings. The van der Waals surface area contributed by atoms with E-state index in [1.54, 1.807) is 0 Å². The van der Waals surface area contributed by atoms with Crippen LogP contribution in [0.4, 0.5) is 0 Å². The summed E-state index contributed by atoms with van der Waals surface area (Å²) in [6, 6.07) is 0. The normalized spacial score (nSPS) is 19.8. The lowest BCUT2D eigenvalue weighted by Gasteiger charge is -1.92. The van der Waals surface area contributed by atoms with Gasteiger partial charge in [-0.15, -0.1) is 5.10 Å². The molecule has 1 rings (SSSR count). The standard InChI is InChI=1S/C4H8N2/c1-6-4-2-3-5-6/h3H,2,4H2,1H3/p+1. The Labute approximate surface area is 37.5 Å². The zero-order valence-corrected chi connectivity index (χ0v) is 3.94. The molecule has 0 radical (unpaired) electrons. The third-order valence-corrected chi connectivity index (χ3v) is 0.921. The molecule has 0 amide bonds. The molecular weight excluding hydrogens is 76.1 g/mol. The van der Waals surface area contributed by atoms with Crippen molar-refractivity contribution in [3.8, 4) is 0 Å². The van der Waals surface area contributed by atoms with Crippen molar-refractivity contribution in [2.24, 2.45) is 0 Å². The monoisotopic (exact) mass is 85.1 g/mol. The molecule has 6 heavy (non-hydrogen) atoms. The van der Waals surface area contributed by atoms with Gasteiger partial charge in [-0.3, -0.25) is 0 Å². The van der Waals surface area contributed by atoms with Crippen LogP contribution < -0.4 is 5.10 Å². The fraction of sp³-hybridized carbons (Fsp3) is 0.750. The van der Waals surface area contributed by atoms with Gasteiger partial charge >= 0.3 is 0 Å². The minimum Gasteiger partial charge on any atom is -0.191 e. The quantitative estimate of drug-likeness (QED) is 0.374. The van der Waals surface area contributed by atoms with Crippen LogP contribution in [0.25, 0.3) is 0 Å². The third kappa shape index (κ3) is 0.506. The molecule has 0 bridgehead atoms. The van der Waals surface area contributed by atoms with Crippen LogP contribution in [-0.2, 0) is 0 Å². The van der Waals surface area contributed by atoms with Gasteiger partial charge in [0, 0.05) is 0 Å². The Morgan fingerprint density at radius 2 is 2.67 bits per heavy atom. The van der Waals surface area contributed by atoms with Crippen LogP contribution in [0.15, 0.2) is 0 Å². The summed E-state index contributed by atoms with van der Waals surface area (Å²) in [6.07, 6.45) is 3.23. The average Bonchev–Trinajstić information content (AvgIpc) is 1.86. The van der Waals surface area contributed by atoms with Crippen molar-refractivity contribution in [2.75, 3.05) is 13.6 Å². The first-order valence-corrected chi connectivity index (χ1v) is 2.18. The molecule has 0 aromatic carbocycles. The summed E-state index contributed by atoms with van der Waals surface area (Å²) in [6.45, 7) is 1.15. The summed E-state index contributed by atoms with van der Waals surface area (Å²) >= 11 is 0. The van der Waals surface area contributed by atoms with E-state index < -0.39 is 0 Å². The fourth-order valence-electron chi connectivity index (χ4n) is 0.543. The number of hydrogen-bond acceptors (Lipinski definition) is 1. The van der Waals surface area contributed by atoms with E-state index in [1.807, 2.05) is 7.05 Å². The van der Waals surface area contributed by atoms with Gasteiger partial charge in [0.05, 0.1) is 20.0 Å². The molecule has 1 heterocycles. The molecule has 2 nitrogen and oxygen atoms in total. The number of hydrazone groups is 1. The van der Waals surface area contributed by atoms with Crippen molar-refractivity contribution in [1.29, 1.82) is 0 Å². The summed E-state index contributed by atoms with van der Waals surface area (Å²) in [5.74, 6) is 0. The predicted molar refractivity (Wildman–Crippen MR) is 24.3 cm³/mol. The lowest BCUT2D eigenvalue weighted by Crippen LogP contribution is -2.76. The first-order valence-electron chi connectivity index (χ1n) is 2.18. The second-order valence-electron chi connectivity index (χ2n) is 1.54. The number of rotatable bonds is 0. The van der Waals surface area contributed by atoms with Crippen LogP contribution in [0.3, 0.4) is 0 Å². The maximum absolute atomic E-state index is 3.03. The molecule has 0 unspecified atom stereocenters. The Balaban J connectivity index is 2.38. The molecule has 0 aromatic heterocycles. The third-order valence-electron chi connectivity index (χ3n) is 0.921. The molecule has 0 atom stereocenters. The number of hydrogen-bond donors (Lipinski definition) is 1. The highest BCUT2D eigenvalue weighted by atomic mass is 15.4. The molecule has 0 saturated heterocycles. The van der Waals surface area contributed by atoms with E-state index in [4.69, 9.17) is 0 Å². The predicted octanol–water partition coefficient (Wildman–Crippen LogP) is -1.61. The van der Waals surface area contributed by atoms with Crippen molar-refractivity contribution in [3.05, 3.63) is 0 Å². The summed E-state index contributed by atoms with van der Waals surface area (Å²) in [4.78, 5) is 0. The Hall–Kier alpha value is -0.530. The second-order valence-corrected chi connectivity index (χ2v) is 1.54. The van der Waals surface area contributed by atoms with Crippen molar-refractivity contribution in [3.63, 3.8) is 0 Å². The van der Waals surface area contributed by atoms with Crippen LogP contribution in [-0.4, -0.2) is 24.8 Å². The van der Waals surface area contributed by atoms with Gasteiger partial charge in [-0.1, -0.05) is 0 Å². The van der Waals surface area contributed by atoms with Gasteiger partial charge in [-0.25, -0.2) is 0 Å². The molecule has 0 aliphatic carbocycles. The highest BCUT2D eigenvalue weighted by molar-refractivity contribution is 5.50. The van der Waals surface area contributed by atoms with Gasteiger partial charge in [0.2, 0.25) is 0 Å². The van der Waals surface area contributed by atoms with Crippen LogP contribution in [0.1, 0.15) is 6.42 Å². The lowest BCUT2D eigenvalue weighted by molar-refractivity contribution is -0.623. The average molecular weight is 85.1 g/mol. The van der Waals surface area contributed by atoms with E-state index in [0.717, 1.165) is 6.54 Å². The Kier molecular flexibility index (Phi) is 0.783. The zero-order valence-electron chi connectivity index (χ0n) is 3.94. The summed E-state index contributed by atoms with van der Waals surface area (Å²) in [5.41, 5.74) is 0. The Bertz CT molecular complexity index is 67.9. The van der Waals surface area contributed by atoms with E-state index in [1.165, 1.54) is 6.42 Å². The van der Waals surface area contributed by atoms with E-state index >= 15 is 0 Å². The molecule has 1 aliphatic heterocycles. The topological polar surface area (TPSA) is 17.2 Å². The van der Waals surface area contributed by atoms with Crippen molar-refractivity contribution in [2.45, 2.75) is 6.42 Å². The number of hydrazine groups is 1. The number of nitrogens with zero attached hydrogens (tertiary/aromatic N) is 1. The van der Waals surface area contributed by atoms with Gasteiger partial charge in [-0.2, -0.15) is 5.01 Å². The highest BCUT2D eigenvalue weighted by Crippen LogP contribution is 1.73. The van der Waals surface area contributed by atoms with Crippen LogP contribution in [0.5, 0.6) is 0 Å². The summed E-state index contributed by atoms with van der Waals surface area (Å²) < 4.78 is 0. The minimum atomic E-state index is 1.15. The molecule has 0 fully saturated rings.